The summed E-state index contributed by atoms with van der Waals surface area (Å²) in [5, 5.41) is 8.89. The number of benzene rings is 1. The number of hydrogen-bond donors (Lipinski definition) is 2. The monoisotopic (exact) mass is 257 g/mol. The molecular formula is C14H15N3O2. The van der Waals surface area contributed by atoms with E-state index in [0.717, 1.165) is 16.7 Å². The Kier molecular flexibility index (Phi) is 3.57. The first-order valence-electron chi connectivity index (χ1n) is 5.88. The van der Waals surface area contributed by atoms with Crippen molar-refractivity contribution in [3.8, 4) is 11.3 Å². The number of aromatic nitrogens is 2. The zero-order valence-electron chi connectivity index (χ0n) is 10.8. The third-order valence-corrected chi connectivity index (χ3v) is 2.89. The molecule has 0 amide bonds. The summed E-state index contributed by atoms with van der Waals surface area (Å²) in [6.07, 6.45) is 1.53. The predicted octanol–water partition coefficient (Wildman–Crippen LogP) is 1.84. The second kappa shape index (κ2) is 5.16. The molecule has 0 saturated heterocycles. The van der Waals surface area contributed by atoms with Gasteiger partial charge in [-0.1, -0.05) is 17.7 Å². The molecule has 0 fully saturated rings. The lowest BCUT2D eigenvalue weighted by Gasteiger charge is -2.09. The van der Waals surface area contributed by atoms with Crippen LogP contribution in [0.25, 0.3) is 11.3 Å². The zero-order valence-corrected chi connectivity index (χ0v) is 10.8. The smallest absolute Gasteiger partial charge is 0.328 e. The minimum Gasteiger partial charge on any atom is -0.480 e. The lowest BCUT2D eigenvalue weighted by Crippen LogP contribution is -2.23. The Hall–Kier alpha value is -2.27. The molecule has 1 unspecified atom stereocenters. The van der Waals surface area contributed by atoms with Crippen molar-refractivity contribution in [2.24, 2.45) is 5.73 Å². The molecule has 2 rings (SSSR count). The molecule has 0 aliphatic carbocycles. The van der Waals surface area contributed by atoms with Crippen LogP contribution in [-0.4, -0.2) is 21.0 Å². The van der Waals surface area contributed by atoms with E-state index in [-0.39, 0.29) is 5.82 Å². The molecule has 1 atom stereocenters. The largest absolute Gasteiger partial charge is 0.480 e. The fourth-order valence-corrected chi connectivity index (χ4v) is 1.80. The van der Waals surface area contributed by atoms with Crippen LogP contribution in [0.1, 0.15) is 23.0 Å². The predicted molar refractivity (Wildman–Crippen MR) is 71.5 cm³/mol. The van der Waals surface area contributed by atoms with Crippen LogP contribution >= 0.6 is 0 Å². The molecule has 0 saturated carbocycles. The van der Waals surface area contributed by atoms with Gasteiger partial charge in [0.25, 0.3) is 0 Å². The Labute approximate surface area is 111 Å². The van der Waals surface area contributed by atoms with E-state index in [1.165, 1.54) is 6.20 Å². The summed E-state index contributed by atoms with van der Waals surface area (Å²) < 4.78 is 0. The Balaban J connectivity index is 2.49. The number of aryl methyl sites for hydroxylation is 2. The van der Waals surface area contributed by atoms with E-state index in [1.54, 1.807) is 6.07 Å². The third-order valence-electron chi connectivity index (χ3n) is 2.89. The summed E-state index contributed by atoms with van der Waals surface area (Å²) >= 11 is 0. The Morgan fingerprint density at radius 3 is 2.74 bits per heavy atom. The van der Waals surface area contributed by atoms with Gasteiger partial charge in [0.2, 0.25) is 0 Å². The van der Waals surface area contributed by atoms with Crippen molar-refractivity contribution in [2.75, 3.05) is 0 Å². The summed E-state index contributed by atoms with van der Waals surface area (Å²) in [5.41, 5.74) is 9.35. The van der Waals surface area contributed by atoms with Crippen molar-refractivity contribution < 1.29 is 9.90 Å². The maximum atomic E-state index is 10.9. The highest BCUT2D eigenvalue weighted by Crippen LogP contribution is 2.23. The zero-order chi connectivity index (χ0) is 14.0. The maximum Gasteiger partial charge on any atom is 0.328 e. The Morgan fingerprint density at radius 1 is 1.32 bits per heavy atom. The highest BCUT2D eigenvalue weighted by molar-refractivity contribution is 5.74. The van der Waals surface area contributed by atoms with Gasteiger partial charge in [-0.15, -0.1) is 0 Å². The van der Waals surface area contributed by atoms with Crippen molar-refractivity contribution in [1.29, 1.82) is 0 Å². The van der Waals surface area contributed by atoms with E-state index in [9.17, 15) is 4.79 Å². The number of nitrogens with zero attached hydrogens (tertiary/aromatic N) is 2. The lowest BCUT2D eigenvalue weighted by atomic mass is 10.0. The lowest BCUT2D eigenvalue weighted by molar-refractivity contribution is -0.138. The molecule has 19 heavy (non-hydrogen) atoms. The number of aliphatic carboxylic acids is 1. The topological polar surface area (TPSA) is 89.1 Å². The molecule has 3 N–H and O–H groups in total. The van der Waals surface area contributed by atoms with Gasteiger partial charge in [-0.25, -0.2) is 9.97 Å². The van der Waals surface area contributed by atoms with Crippen molar-refractivity contribution in [3.63, 3.8) is 0 Å². The third kappa shape index (κ3) is 2.77. The average molecular weight is 257 g/mol. The van der Waals surface area contributed by atoms with Gasteiger partial charge in [0.15, 0.2) is 11.9 Å². The number of rotatable bonds is 3. The van der Waals surface area contributed by atoms with Gasteiger partial charge in [-0.05, 0) is 31.5 Å². The summed E-state index contributed by atoms with van der Waals surface area (Å²) in [7, 11) is 0. The van der Waals surface area contributed by atoms with Crippen LogP contribution in [-0.2, 0) is 4.79 Å². The molecule has 98 valence electrons. The molecule has 1 aromatic heterocycles. The van der Waals surface area contributed by atoms with E-state index in [4.69, 9.17) is 10.8 Å². The van der Waals surface area contributed by atoms with Gasteiger partial charge in [-0.3, -0.25) is 4.79 Å². The molecule has 5 heteroatoms. The molecule has 1 aromatic carbocycles. The quantitative estimate of drug-likeness (QED) is 0.875. The van der Waals surface area contributed by atoms with Crippen molar-refractivity contribution in [1.82, 2.24) is 9.97 Å². The first-order valence-corrected chi connectivity index (χ1v) is 5.88. The van der Waals surface area contributed by atoms with Crippen molar-refractivity contribution >= 4 is 5.97 Å². The van der Waals surface area contributed by atoms with Crippen LogP contribution in [0.15, 0.2) is 30.5 Å². The van der Waals surface area contributed by atoms with Gasteiger partial charge in [-0.2, -0.15) is 0 Å². The number of hydrogen-bond acceptors (Lipinski definition) is 4. The number of carboxylic acid groups (broad SMARTS) is 1. The van der Waals surface area contributed by atoms with Crippen LogP contribution in [0.5, 0.6) is 0 Å². The first kappa shape index (κ1) is 13.2. The Morgan fingerprint density at radius 2 is 2.05 bits per heavy atom. The number of carboxylic acids is 1. The van der Waals surface area contributed by atoms with E-state index in [1.807, 2.05) is 32.0 Å². The Bertz CT molecular complexity index is 626. The van der Waals surface area contributed by atoms with Gasteiger partial charge < -0.3 is 10.8 Å². The molecule has 1 heterocycles. The standard InChI is InChI=1S/C14H15N3O2/c1-8-3-4-9(2)10(7-8)11-5-6-16-13(17-11)12(15)14(18)19/h3-7,12H,15H2,1-2H3,(H,18,19). The molecular weight excluding hydrogens is 242 g/mol. The SMILES string of the molecule is Cc1ccc(C)c(-c2ccnc(C(N)C(=O)O)n2)c1. The number of carbonyl (C=O) groups is 1. The number of nitrogens with two attached hydrogens (primary N) is 1. The summed E-state index contributed by atoms with van der Waals surface area (Å²) in [5.74, 6) is -1.02. The molecule has 0 bridgehead atoms. The maximum absolute atomic E-state index is 10.9. The second-order valence-electron chi connectivity index (χ2n) is 4.43. The van der Waals surface area contributed by atoms with E-state index in [2.05, 4.69) is 9.97 Å². The van der Waals surface area contributed by atoms with Crippen LogP contribution in [0.3, 0.4) is 0 Å². The highest BCUT2D eigenvalue weighted by atomic mass is 16.4. The molecule has 0 aliphatic rings. The van der Waals surface area contributed by atoms with Crippen LogP contribution in [0.2, 0.25) is 0 Å². The van der Waals surface area contributed by atoms with Crippen LogP contribution < -0.4 is 5.73 Å². The van der Waals surface area contributed by atoms with E-state index in [0.29, 0.717) is 5.69 Å². The minimum atomic E-state index is -1.20. The molecule has 5 nitrogen and oxygen atoms in total. The van der Waals surface area contributed by atoms with E-state index >= 15 is 0 Å². The van der Waals surface area contributed by atoms with Crippen LogP contribution in [0, 0.1) is 13.8 Å². The summed E-state index contributed by atoms with van der Waals surface area (Å²) in [6, 6.07) is 6.58. The molecule has 2 aromatic rings. The van der Waals surface area contributed by atoms with Crippen molar-refractivity contribution in [2.45, 2.75) is 19.9 Å². The van der Waals surface area contributed by atoms with Crippen LogP contribution in [0.4, 0.5) is 0 Å². The molecule has 0 spiro atoms. The van der Waals surface area contributed by atoms with Gasteiger partial charge >= 0.3 is 5.97 Å². The average Bonchev–Trinajstić information content (AvgIpc) is 2.40. The normalized spacial score (nSPS) is 12.2. The first-order chi connectivity index (χ1) is 8.99. The second-order valence-corrected chi connectivity index (χ2v) is 4.43. The van der Waals surface area contributed by atoms with Crippen molar-refractivity contribution in [3.05, 3.63) is 47.4 Å². The van der Waals surface area contributed by atoms with Gasteiger partial charge in [0, 0.05) is 11.8 Å². The summed E-state index contributed by atoms with van der Waals surface area (Å²) in [4.78, 5) is 19.0. The molecule has 0 radical (unpaired) electrons. The van der Waals surface area contributed by atoms with Gasteiger partial charge in [0.1, 0.15) is 0 Å². The fraction of sp³-hybridized carbons (Fsp3) is 0.214. The van der Waals surface area contributed by atoms with Gasteiger partial charge in [0.05, 0.1) is 5.69 Å². The molecule has 0 aliphatic heterocycles. The minimum absolute atomic E-state index is 0.117. The fourth-order valence-electron chi connectivity index (χ4n) is 1.80. The highest BCUT2D eigenvalue weighted by Gasteiger charge is 2.18. The van der Waals surface area contributed by atoms with E-state index < -0.39 is 12.0 Å². The summed E-state index contributed by atoms with van der Waals surface area (Å²) in [6.45, 7) is 3.97.